The standard InChI is InChI=1S/C16H26N2O/c1-9-14(2-3-17-9)16(19)18-15-12-5-10-4-11(7-12)8-13(15)6-10/h9-15,17H,2-8H2,1H3,(H,18,19). The van der Waals surface area contributed by atoms with Gasteiger partial charge in [-0.3, -0.25) is 4.79 Å². The van der Waals surface area contributed by atoms with Crippen molar-refractivity contribution in [3.05, 3.63) is 0 Å². The molecule has 5 aliphatic rings. The minimum absolute atomic E-state index is 0.206. The molecule has 106 valence electrons. The molecule has 1 aliphatic heterocycles. The zero-order valence-corrected chi connectivity index (χ0v) is 11.9. The smallest absolute Gasteiger partial charge is 0.224 e. The third-order valence-electron chi connectivity index (χ3n) is 6.40. The molecule has 4 saturated carbocycles. The van der Waals surface area contributed by atoms with Crippen molar-refractivity contribution in [1.29, 1.82) is 0 Å². The zero-order valence-electron chi connectivity index (χ0n) is 11.9. The summed E-state index contributed by atoms with van der Waals surface area (Å²) in [6, 6.07) is 0.866. The van der Waals surface area contributed by atoms with E-state index in [1.54, 1.807) is 0 Å². The summed E-state index contributed by atoms with van der Waals surface area (Å²) in [6.45, 7) is 3.15. The van der Waals surface area contributed by atoms with E-state index in [1.165, 1.54) is 32.1 Å². The molecule has 3 nitrogen and oxygen atoms in total. The number of carbonyl (C=O) groups excluding carboxylic acids is 1. The lowest BCUT2D eigenvalue weighted by atomic mass is 9.54. The Balaban J connectivity index is 1.44. The number of rotatable bonds is 2. The second kappa shape index (κ2) is 4.47. The third-order valence-corrected chi connectivity index (χ3v) is 6.40. The summed E-state index contributed by atoms with van der Waals surface area (Å²) in [6.07, 6.45) is 8.04. The van der Waals surface area contributed by atoms with Crippen LogP contribution in [0, 0.1) is 29.6 Å². The van der Waals surface area contributed by atoms with E-state index in [1.807, 2.05) is 0 Å². The summed E-state index contributed by atoms with van der Waals surface area (Å²) in [7, 11) is 0. The van der Waals surface area contributed by atoms with Crippen LogP contribution in [0.15, 0.2) is 0 Å². The number of nitrogens with one attached hydrogen (secondary N) is 2. The van der Waals surface area contributed by atoms with Crippen LogP contribution in [0.3, 0.4) is 0 Å². The van der Waals surface area contributed by atoms with E-state index in [4.69, 9.17) is 0 Å². The molecule has 0 aromatic rings. The van der Waals surface area contributed by atoms with Crippen LogP contribution in [-0.2, 0) is 4.79 Å². The summed E-state index contributed by atoms with van der Waals surface area (Å²) in [5.74, 6) is 4.10. The second-order valence-electron chi connectivity index (χ2n) is 7.60. The molecule has 4 bridgehead atoms. The van der Waals surface area contributed by atoms with Crippen LogP contribution in [0.2, 0.25) is 0 Å². The maximum atomic E-state index is 12.5. The predicted molar refractivity (Wildman–Crippen MR) is 74.5 cm³/mol. The van der Waals surface area contributed by atoms with Crippen molar-refractivity contribution in [2.24, 2.45) is 29.6 Å². The predicted octanol–water partition coefficient (Wildman–Crippen LogP) is 1.93. The Hall–Kier alpha value is -0.570. The molecular weight excluding hydrogens is 236 g/mol. The normalized spacial score (nSPS) is 51.5. The summed E-state index contributed by atoms with van der Waals surface area (Å²) in [4.78, 5) is 12.5. The first-order chi connectivity index (χ1) is 9.20. The summed E-state index contributed by atoms with van der Waals surface area (Å²) in [5.41, 5.74) is 0. The number of hydrogen-bond acceptors (Lipinski definition) is 2. The van der Waals surface area contributed by atoms with Gasteiger partial charge in [0.15, 0.2) is 0 Å². The fraction of sp³-hybridized carbons (Fsp3) is 0.938. The van der Waals surface area contributed by atoms with Crippen LogP contribution in [0.1, 0.15) is 45.4 Å². The molecule has 5 rings (SSSR count). The monoisotopic (exact) mass is 262 g/mol. The molecule has 1 heterocycles. The Morgan fingerprint density at radius 2 is 1.68 bits per heavy atom. The Bertz CT molecular complexity index is 353. The fourth-order valence-corrected chi connectivity index (χ4v) is 5.65. The molecule has 2 N–H and O–H groups in total. The van der Waals surface area contributed by atoms with E-state index in [0.29, 0.717) is 18.0 Å². The van der Waals surface area contributed by atoms with Gasteiger partial charge in [-0.15, -0.1) is 0 Å². The molecule has 2 unspecified atom stereocenters. The highest BCUT2D eigenvalue weighted by molar-refractivity contribution is 5.80. The highest BCUT2D eigenvalue weighted by atomic mass is 16.2. The van der Waals surface area contributed by atoms with Crippen molar-refractivity contribution in [3.63, 3.8) is 0 Å². The number of carbonyl (C=O) groups is 1. The lowest BCUT2D eigenvalue weighted by Crippen LogP contribution is -2.57. The van der Waals surface area contributed by atoms with Gasteiger partial charge in [0.2, 0.25) is 5.91 Å². The number of hydrogen-bond donors (Lipinski definition) is 2. The van der Waals surface area contributed by atoms with Crippen molar-refractivity contribution in [1.82, 2.24) is 10.6 Å². The number of amides is 1. The van der Waals surface area contributed by atoms with Gasteiger partial charge in [0.1, 0.15) is 0 Å². The first-order valence-corrected chi connectivity index (χ1v) is 8.24. The Kier molecular flexibility index (Phi) is 2.87. The van der Waals surface area contributed by atoms with Gasteiger partial charge in [-0.25, -0.2) is 0 Å². The molecular formula is C16H26N2O. The van der Waals surface area contributed by atoms with Gasteiger partial charge in [0.25, 0.3) is 0 Å². The highest BCUT2D eigenvalue weighted by Gasteiger charge is 2.49. The summed E-state index contributed by atoms with van der Waals surface area (Å²) < 4.78 is 0. The van der Waals surface area contributed by atoms with Gasteiger partial charge in [-0.05, 0) is 75.7 Å². The van der Waals surface area contributed by atoms with E-state index in [0.717, 1.165) is 36.6 Å². The highest BCUT2D eigenvalue weighted by Crippen LogP contribution is 2.53. The minimum atomic E-state index is 0.206. The molecule has 5 fully saturated rings. The molecule has 19 heavy (non-hydrogen) atoms. The maximum Gasteiger partial charge on any atom is 0.224 e. The lowest BCUT2D eigenvalue weighted by molar-refractivity contribution is -0.129. The Morgan fingerprint density at radius 1 is 1.05 bits per heavy atom. The average Bonchev–Trinajstić information content (AvgIpc) is 2.79. The average molecular weight is 262 g/mol. The largest absolute Gasteiger partial charge is 0.353 e. The van der Waals surface area contributed by atoms with Crippen LogP contribution >= 0.6 is 0 Å². The fourth-order valence-electron chi connectivity index (χ4n) is 5.65. The van der Waals surface area contributed by atoms with Gasteiger partial charge in [0.05, 0.1) is 5.92 Å². The van der Waals surface area contributed by atoms with E-state index in [9.17, 15) is 4.79 Å². The second-order valence-corrected chi connectivity index (χ2v) is 7.60. The molecule has 3 heteroatoms. The van der Waals surface area contributed by atoms with Crippen molar-refractivity contribution in [2.45, 2.75) is 57.5 Å². The van der Waals surface area contributed by atoms with E-state index < -0.39 is 0 Å². The van der Waals surface area contributed by atoms with Crippen LogP contribution < -0.4 is 10.6 Å². The van der Waals surface area contributed by atoms with Crippen LogP contribution in [0.25, 0.3) is 0 Å². The Morgan fingerprint density at radius 3 is 2.21 bits per heavy atom. The van der Waals surface area contributed by atoms with E-state index >= 15 is 0 Å². The molecule has 0 radical (unpaired) electrons. The van der Waals surface area contributed by atoms with Crippen molar-refractivity contribution < 1.29 is 4.79 Å². The van der Waals surface area contributed by atoms with Crippen molar-refractivity contribution in [3.8, 4) is 0 Å². The van der Waals surface area contributed by atoms with E-state index in [2.05, 4.69) is 17.6 Å². The van der Waals surface area contributed by atoms with Gasteiger partial charge in [-0.2, -0.15) is 0 Å². The minimum Gasteiger partial charge on any atom is -0.353 e. The summed E-state index contributed by atoms with van der Waals surface area (Å²) in [5, 5.41) is 6.85. The molecule has 2 atom stereocenters. The molecule has 0 spiro atoms. The van der Waals surface area contributed by atoms with Gasteiger partial charge in [-0.1, -0.05) is 0 Å². The van der Waals surface area contributed by atoms with Gasteiger partial charge < -0.3 is 10.6 Å². The molecule has 1 saturated heterocycles. The van der Waals surface area contributed by atoms with Gasteiger partial charge in [0, 0.05) is 12.1 Å². The lowest BCUT2D eigenvalue weighted by Gasteiger charge is -2.54. The molecule has 0 aromatic carbocycles. The zero-order chi connectivity index (χ0) is 13.0. The first kappa shape index (κ1) is 12.2. The van der Waals surface area contributed by atoms with E-state index in [-0.39, 0.29) is 5.92 Å². The first-order valence-electron chi connectivity index (χ1n) is 8.24. The molecule has 4 aliphatic carbocycles. The van der Waals surface area contributed by atoms with Crippen molar-refractivity contribution in [2.75, 3.05) is 6.54 Å². The van der Waals surface area contributed by atoms with Crippen molar-refractivity contribution >= 4 is 5.91 Å². The van der Waals surface area contributed by atoms with Crippen LogP contribution in [0.4, 0.5) is 0 Å². The molecule has 0 aromatic heterocycles. The van der Waals surface area contributed by atoms with Crippen LogP contribution in [0.5, 0.6) is 0 Å². The van der Waals surface area contributed by atoms with Crippen LogP contribution in [-0.4, -0.2) is 24.5 Å². The topological polar surface area (TPSA) is 41.1 Å². The quantitative estimate of drug-likeness (QED) is 0.798. The maximum absolute atomic E-state index is 12.5. The third kappa shape index (κ3) is 2.01. The summed E-state index contributed by atoms with van der Waals surface area (Å²) >= 11 is 0. The van der Waals surface area contributed by atoms with Gasteiger partial charge >= 0.3 is 0 Å². The molecule has 1 amide bonds. The SMILES string of the molecule is CC1NCCC1C(=O)NC1C2CC3CC(C2)CC1C3. The Labute approximate surface area is 115 Å².